The Bertz CT molecular complexity index is 319. The summed E-state index contributed by atoms with van der Waals surface area (Å²) < 4.78 is 6.38. The van der Waals surface area contributed by atoms with E-state index in [1.807, 2.05) is 13.0 Å². The normalized spacial score (nSPS) is 13.2. The van der Waals surface area contributed by atoms with Crippen LogP contribution in [0, 0.1) is 0 Å². The van der Waals surface area contributed by atoms with E-state index in [2.05, 4.69) is 18.0 Å². The quantitative estimate of drug-likeness (QED) is 0.793. The van der Waals surface area contributed by atoms with Crippen molar-refractivity contribution in [3.63, 3.8) is 0 Å². The SMILES string of the molecule is CCOC(CN)CCN(C)Cc1ccc(Cl)s1. The van der Waals surface area contributed by atoms with Crippen molar-refractivity contribution in [3.05, 3.63) is 21.3 Å². The van der Waals surface area contributed by atoms with Crippen LogP contribution in [0.1, 0.15) is 18.2 Å². The molecule has 1 aromatic rings. The predicted octanol–water partition coefficient (Wildman–Crippen LogP) is 2.59. The number of thiophene rings is 1. The first-order valence-electron chi connectivity index (χ1n) is 5.90. The highest BCUT2D eigenvalue weighted by atomic mass is 35.5. The molecule has 2 N–H and O–H groups in total. The smallest absolute Gasteiger partial charge is 0.0931 e. The monoisotopic (exact) mass is 276 g/mol. The minimum absolute atomic E-state index is 0.175. The molecule has 0 saturated heterocycles. The van der Waals surface area contributed by atoms with Gasteiger partial charge in [0.05, 0.1) is 10.4 Å². The molecule has 5 heteroatoms. The Morgan fingerprint density at radius 1 is 1.53 bits per heavy atom. The lowest BCUT2D eigenvalue weighted by molar-refractivity contribution is 0.0559. The van der Waals surface area contributed by atoms with Crippen molar-refractivity contribution in [1.82, 2.24) is 4.90 Å². The first kappa shape index (κ1) is 14.9. The Morgan fingerprint density at radius 3 is 2.82 bits per heavy atom. The van der Waals surface area contributed by atoms with E-state index in [1.54, 1.807) is 11.3 Å². The van der Waals surface area contributed by atoms with E-state index in [1.165, 1.54) is 4.88 Å². The molecule has 0 saturated carbocycles. The van der Waals surface area contributed by atoms with E-state index in [0.29, 0.717) is 6.54 Å². The molecule has 98 valence electrons. The van der Waals surface area contributed by atoms with Gasteiger partial charge < -0.3 is 15.4 Å². The summed E-state index contributed by atoms with van der Waals surface area (Å²) >= 11 is 7.53. The number of nitrogens with zero attached hydrogens (tertiary/aromatic N) is 1. The van der Waals surface area contributed by atoms with Gasteiger partial charge in [-0.25, -0.2) is 0 Å². The second-order valence-electron chi connectivity index (χ2n) is 4.05. The fourth-order valence-electron chi connectivity index (χ4n) is 1.65. The summed E-state index contributed by atoms with van der Waals surface area (Å²) in [7, 11) is 2.10. The lowest BCUT2D eigenvalue weighted by atomic mass is 10.2. The Morgan fingerprint density at radius 2 is 2.29 bits per heavy atom. The van der Waals surface area contributed by atoms with Gasteiger partial charge >= 0.3 is 0 Å². The van der Waals surface area contributed by atoms with Gasteiger partial charge in [0, 0.05) is 31.1 Å². The summed E-state index contributed by atoms with van der Waals surface area (Å²) in [6, 6.07) is 4.02. The fraction of sp³-hybridized carbons (Fsp3) is 0.667. The van der Waals surface area contributed by atoms with E-state index in [-0.39, 0.29) is 6.10 Å². The third-order valence-electron chi connectivity index (χ3n) is 2.55. The summed E-state index contributed by atoms with van der Waals surface area (Å²) in [5.74, 6) is 0. The van der Waals surface area contributed by atoms with Gasteiger partial charge in [0.1, 0.15) is 0 Å². The third kappa shape index (κ3) is 5.84. The van der Waals surface area contributed by atoms with Gasteiger partial charge in [-0.15, -0.1) is 11.3 Å². The Kier molecular flexibility index (Phi) is 7.08. The van der Waals surface area contributed by atoms with Crippen LogP contribution in [-0.2, 0) is 11.3 Å². The predicted molar refractivity (Wildman–Crippen MR) is 74.7 cm³/mol. The summed E-state index contributed by atoms with van der Waals surface area (Å²) in [4.78, 5) is 3.56. The van der Waals surface area contributed by atoms with Gasteiger partial charge in [0.2, 0.25) is 0 Å². The highest BCUT2D eigenvalue weighted by molar-refractivity contribution is 7.16. The molecule has 0 bridgehead atoms. The zero-order valence-corrected chi connectivity index (χ0v) is 12.1. The highest BCUT2D eigenvalue weighted by Crippen LogP contribution is 2.22. The van der Waals surface area contributed by atoms with E-state index >= 15 is 0 Å². The maximum atomic E-state index is 5.90. The number of ether oxygens (including phenoxy) is 1. The topological polar surface area (TPSA) is 38.5 Å². The van der Waals surface area contributed by atoms with Crippen molar-refractivity contribution < 1.29 is 4.74 Å². The van der Waals surface area contributed by atoms with Crippen LogP contribution < -0.4 is 5.73 Å². The van der Waals surface area contributed by atoms with Crippen LogP contribution in [0.3, 0.4) is 0 Å². The van der Waals surface area contributed by atoms with Crippen molar-refractivity contribution in [3.8, 4) is 0 Å². The summed E-state index contributed by atoms with van der Waals surface area (Å²) in [5, 5.41) is 0. The average Bonchev–Trinajstić information content (AvgIpc) is 2.70. The minimum atomic E-state index is 0.175. The molecular formula is C12H21ClN2OS. The van der Waals surface area contributed by atoms with Crippen molar-refractivity contribution >= 4 is 22.9 Å². The van der Waals surface area contributed by atoms with Gasteiger partial charge in [0.25, 0.3) is 0 Å². The lowest BCUT2D eigenvalue weighted by Gasteiger charge is -2.20. The second kappa shape index (κ2) is 8.06. The van der Waals surface area contributed by atoms with E-state index in [9.17, 15) is 0 Å². The molecule has 0 aromatic carbocycles. The molecule has 0 amide bonds. The van der Waals surface area contributed by atoms with Crippen LogP contribution in [0.2, 0.25) is 4.34 Å². The molecule has 0 aliphatic carbocycles. The number of hydrogen-bond donors (Lipinski definition) is 1. The highest BCUT2D eigenvalue weighted by Gasteiger charge is 2.08. The van der Waals surface area contributed by atoms with Crippen LogP contribution in [0.4, 0.5) is 0 Å². The van der Waals surface area contributed by atoms with Crippen LogP contribution in [0.5, 0.6) is 0 Å². The van der Waals surface area contributed by atoms with E-state index < -0.39 is 0 Å². The number of rotatable bonds is 8. The molecule has 1 heterocycles. The Labute approximate surface area is 113 Å². The number of nitrogens with two attached hydrogens (primary N) is 1. The molecule has 1 atom stereocenters. The van der Waals surface area contributed by atoms with Crippen molar-refractivity contribution in [2.24, 2.45) is 5.73 Å². The molecule has 1 rings (SSSR count). The van der Waals surface area contributed by atoms with Gasteiger partial charge in [-0.3, -0.25) is 0 Å². The number of halogens is 1. The van der Waals surface area contributed by atoms with Crippen LogP contribution in [0.15, 0.2) is 12.1 Å². The van der Waals surface area contributed by atoms with Crippen LogP contribution in [0.25, 0.3) is 0 Å². The van der Waals surface area contributed by atoms with Crippen LogP contribution in [-0.4, -0.2) is 37.7 Å². The van der Waals surface area contributed by atoms with E-state index in [0.717, 1.165) is 30.5 Å². The largest absolute Gasteiger partial charge is 0.377 e. The van der Waals surface area contributed by atoms with Gasteiger partial charge in [-0.1, -0.05) is 11.6 Å². The molecule has 0 aliphatic rings. The molecule has 0 aliphatic heterocycles. The maximum Gasteiger partial charge on any atom is 0.0931 e. The summed E-state index contributed by atoms with van der Waals surface area (Å²) in [6.07, 6.45) is 1.15. The Hall–Kier alpha value is -0.130. The van der Waals surface area contributed by atoms with E-state index in [4.69, 9.17) is 22.1 Å². The van der Waals surface area contributed by atoms with Crippen LogP contribution >= 0.6 is 22.9 Å². The first-order valence-corrected chi connectivity index (χ1v) is 7.09. The van der Waals surface area contributed by atoms with Gasteiger partial charge in [-0.2, -0.15) is 0 Å². The Balaban J connectivity index is 2.26. The summed E-state index contributed by atoms with van der Waals surface area (Å²) in [5.41, 5.74) is 5.64. The van der Waals surface area contributed by atoms with Crippen molar-refractivity contribution in [2.45, 2.75) is 26.0 Å². The molecular weight excluding hydrogens is 256 g/mol. The molecule has 0 radical (unpaired) electrons. The summed E-state index contributed by atoms with van der Waals surface area (Å²) in [6.45, 7) is 5.23. The number of hydrogen-bond acceptors (Lipinski definition) is 4. The zero-order valence-electron chi connectivity index (χ0n) is 10.5. The third-order valence-corrected chi connectivity index (χ3v) is 3.77. The average molecular weight is 277 g/mol. The van der Waals surface area contributed by atoms with Gasteiger partial charge in [0.15, 0.2) is 0 Å². The molecule has 1 unspecified atom stereocenters. The molecule has 0 spiro atoms. The van der Waals surface area contributed by atoms with Crippen molar-refractivity contribution in [2.75, 3.05) is 26.7 Å². The molecule has 3 nitrogen and oxygen atoms in total. The molecule has 17 heavy (non-hydrogen) atoms. The maximum absolute atomic E-state index is 5.90. The second-order valence-corrected chi connectivity index (χ2v) is 5.84. The first-order chi connectivity index (χ1) is 8.15. The molecule has 0 fully saturated rings. The lowest BCUT2D eigenvalue weighted by Crippen LogP contribution is -2.29. The zero-order chi connectivity index (χ0) is 12.7. The fourth-order valence-corrected chi connectivity index (χ4v) is 2.82. The minimum Gasteiger partial charge on any atom is -0.377 e. The molecule has 1 aromatic heterocycles. The van der Waals surface area contributed by atoms with Crippen molar-refractivity contribution in [1.29, 1.82) is 0 Å². The standard InChI is InChI=1S/C12H21ClN2OS/c1-3-16-10(8-14)6-7-15(2)9-11-4-5-12(13)17-11/h4-5,10H,3,6-9,14H2,1-2H3. The van der Waals surface area contributed by atoms with Gasteiger partial charge in [-0.05, 0) is 32.5 Å².